The van der Waals surface area contributed by atoms with Gasteiger partial charge in [-0.1, -0.05) is 17.7 Å². The molecule has 2 aromatic rings. The van der Waals surface area contributed by atoms with Crippen LogP contribution in [0.15, 0.2) is 40.7 Å². The molecule has 2 amide bonds. The van der Waals surface area contributed by atoms with Crippen molar-refractivity contribution < 1.29 is 40.7 Å². The number of rotatable bonds is 6. The Balaban J connectivity index is 1.25. The Morgan fingerprint density at radius 1 is 1.07 bits per heavy atom. The first-order valence-corrected chi connectivity index (χ1v) is 16.5. The molecule has 0 aromatic heterocycles. The summed E-state index contributed by atoms with van der Waals surface area (Å²) in [6, 6.07) is 6.41. The number of aliphatic hydroxyl groups is 1. The number of nitrogens with one attached hydrogen (secondary N) is 1. The molecule has 3 aliphatic rings. The quantitative estimate of drug-likeness (QED) is 0.431. The molecular formula is C31H33ClF4N4O5S. The predicted molar refractivity (Wildman–Crippen MR) is 165 cm³/mol. The topological polar surface area (TPSA) is 119 Å². The average molecular weight is 685 g/mol. The minimum Gasteiger partial charge on any atom is -0.387 e. The second-order valence-corrected chi connectivity index (χ2v) is 14.3. The molecule has 2 aromatic carbocycles. The van der Waals surface area contributed by atoms with E-state index in [1.165, 1.54) is 16.4 Å². The number of nitrogens with zero attached hydrogens (tertiary/aromatic N) is 3. The molecule has 0 radical (unpaired) electrons. The van der Waals surface area contributed by atoms with Crippen LogP contribution in [-0.2, 0) is 21.0 Å². The summed E-state index contributed by atoms with van der Waals surface area (Å²) in [5.41, 5.74) is -1.06. The van der Waals surface area contributed by atoms with Crippen LogP contribution in [0.25, 0.3) is 6.08 Å². The molecule has 0 saturated carbocycles. The van der Waals surface area contributed by atoms with Gasteiger partial charge in [0, 0.05) is 42.7 Å². The zero-order chi connectivity index (χ0) is 33.7. The summed E-state index contributed by atoms with van der Waals surface area (Å²) in [5.74, 6) is -0.637. The molecule has 2 saturated heterocycles. The summed E-state index contributed by atoms with van der Waals surface area (Å²) in [4.78, 5) is 32.1. The molecule has 0 unspecified atom stereocenters. The Kier molecular flexibility index (Phi) is 9.14. The van der Waals surface area contributed by atoms with E-state index in [-0.39, 0.29) is 69.2 Å². The normalized spacial score (nSPS) is 20.3. The summed E-state index contributed by atoms with van der Waals surface area (Å²) in [6.45, 7) is 3.10. The van der Waals surface area contributed by atoms with Crippen molar-refractivity contribution in [1.82, 2.24) is 14.5 Å². The van der Waals surface area contributed by atoms with Crippen LogP contribution in [0.5, 0.6) is 0 Å². The van der Waals surface area contributed by atoms with Gasteiger partial charge < -0.3 is 15.3 Å². The minimum atomic E-state index is -4.63. The van der Waals surface area contributed by atoms with Crippen molar-refractivity contribution in [2.24, 2.45) is 4.99 Å². The van der Waals surface area contributed by atoms with E-state index in [9.17, 15) is 40.7 Å². The molecule has 3 heterocycles. The molecule has 0 atom stereocenters. The molecule has 15 heteroatoms. The van der Waals surface area contributed by atoms with Gasteiger partial charge in [0.05, 0.1) is 16.2 Å². The number of amides is 2. The fourth-order valence-electron chi connectivity index (χ4n) is 6.04. The fraction of sp³-hybridized carbons (Fsp3) is 0.452. The Morgan fingerprint density at radius 3 is 2.22 bits per heavy atom. The number of hydrogen-bond acceptors (Lipinski definition) is 6. The first kappa shape index (κ1) is 34.0. The smallest absolute Gasteiger partial charge is 0.387 e. The lowest BCUT2D eigenvalue weighted by molar-refractivity contribution is -0.137. The fourth-order valence-corrected chi connectivity index (χ4v) is 7.50. The van der Waals surface area contributed by atoms with Crippen LogP contribution in [0, 0.1) is 13.8 Å². The van der Waals surface area contributed by atoms with Gasteiger partial charge in [-0.05, 0) is 86.6 Å². The molecule has 0 bridgehead atoms. The van der Waals surface area contributed by atoms with Gasteiger partial charge in [-0.15, -0.1) is 0 Å². The number of carbonyl (C=O) groups excluding carboxylic acids is 2. The van der Waals surface area contributed by atoms with Crippen LogP contribution in [0.2, 0.25) is 5.02 Å². The van der Waals surface area contributed by atoms with Crippen molar-refractivity contribution in [2.75, 3.05) is 32.9 Å². The van der Waals surface area contributed by atoms with Crippen LogP contribution >= 0.6 is 11.6 Å². The highest BCUT2D eigenvalue weighted by Crippen LogP contribution is 2.37. The molecular weight excluding hydrogens is 652 g/mol. The van der Waals surface area contributed by atoms with Crippen LogP contribution in [0.3, 0.4) is 0 Å². The van der Waals surface area contributed by atoms with Gasteiger partial charge in [0.25, 0.3) is 11.8 Å². The molecule has 248 valence electrons. The molecule has 3 aliphatic heterocycles. The van der Waals surface area contributed by atoms with E-state index < -0.39 is 50.5 Å². The maximum atomic E-state index is 13.2. The number of aliphatic imine (C=N–C) groups is 1. The predicted octanol–water partition coefficient (Wildman–Crippen LogP) is 4.62. The largest absolute Gasteiger partial charge is 0.417 e. The summed E-state index contributed by atoms with van der Waals surface area (Å²) in [5, 5.41) is 13.3. The zero-order valence-electron chi connectivity index (χ0n) is 25.1. The van der Waals surface area contributed by atoms with Gasteiger partial charge in [-0.25, -0.2) is 12.8 Å². The van der Waals surface area contributed by atoms with Gasteiger partial charge in [0.1, 0.15) is 18.0 Å². The number of carbonyl (C=O) groups is 2. The van der Waals surface area contributed by atoms with E-state index in [0.29, 0.717) is 22.3 Å². The minimum absolute atomic E-state index is 0.0105. The number of likely N-dealkylation sites (tertiary alicyclic amines) is 1. The van der Waals surface area contributed by atoms with Crippen LogP contribution in [0.4, 0.5) is 17.6 Å². The van der Waals surface area contributed by atoms with Gasteiger partial charge in [-0.3, -0.25) is 14.6 Å². The van der Waals surface area contributed by atoms with Crippen molar-refractivity contribution in [3.63, 3.8) is 0 Å². The number of piperidine rings is 2. The van der Waals surface area contributed by atoms with Gasteiger partial charge in [-0.2, -0.15) is 17.5 Å². The average Bonchev–Trinajstić information content (AvgIpc) is 3.31. The highest BCUT2D eigenvalue weighted by molar-refractivity contribution is 7.92. The third-order valence-electron chi connectivity index (χ3n) is 8.92. The molecule has 46 heavy (non-hydrogen) atoms. The van der Waals surface area contributed by atoms with Crippen LogP contribution in [0.1, 0.15) is 63.9 Å². The molecule has 2 fully saturated rings. The maximum absolute atomic E-state index is 13.2. The summed E-state index contributed by atoms with van der Waals surface area (Å²) < 4.78 is 80.1. The second kappa shape index (κ2) is 12.4. The number of halogens is 5. The lowest BCUT2D eigenvalue weighted by atomic mass is 9.89. The van der Waals surface area contributed by atoms with Crippen molar-refractivity contribution in [3.05, 3.63) is 74.1 Å². The lowest BCUT2D eigenvalue weighted by Crippen LogP contribution is -2.50. The molecule has 5 rings (SSSR count). The number of hydrogen-bond donors (Lipinski definition) is 2. The summed E-state index contributed by atoms with van der Waals surface area (Å²) in [7, 11) is -3.91. The standard InChI is InChI=1S/C31H33ClF4N4O5S/c1-19-15-22(27(41)39-10-6-29(43,18-33)7-11-39)16-20(2)23(19)5-14-46(44,45)40-12-8-30(9-13-40)28(42)37-26(38-30)21-3-4-24(25(32)17-21)31(34,35)36/h3-5,14-17,43H,6-13,18H2,1-2H3,(H,37,38,42). The van der Waals surface area contributed by atoms with Crippen LogP contribution in [-0.4, -0.2) is 84.4 Å². The summed E-state index contributed by atoms with van der Waals surface area (Å²) in [6.07, 6.45) is -2.74. The Labute approximate surface area is 269 Å². The Morgan fingerprint density at radius 2 is 1.67 bits per heavy atom. The van der Waals surface area contributed by atoms with Gasteiger partial charge >= 0.3 is 6.18 Å². The van der Waals surface area contributed by atoms with E-state index in [2.05, 4.69) is 10.3 Å². The third kappa shape index (κ3) is 6.71. The highest BCUT2D eigenvalue weighted by atomic mass is 35.5. The third-order valence-corrected chi connectivity index (χ3v) is 10.8. The number of amidine groups is 1. The first-order chi connectivity index (χ1) is 21.5. The van der Waals surface area contributed by atoms with E-state index >= 15 is 0 Å². The van der Waals surface area contributed by atoms with E-state index in [1.54, 1.807) is 30.9 Å². The Hall–Kier alpha value is -3.33. The lowest BCUT2D eigenvalue weighted by Gasteiger charge is -2.36. The number of aryl methyl sites for hydroxylation is 2. The first-order valence-electron chi connectivity index (χ1n) is 14.6. The van der Waals surface area contributed by atoms with E-state index in [4.69, 9.17) is 11.6 Å². The number of benzene rings is 2. The van der Waals surface area contributed by atoms with Crippen molar-refractivity contribution in [2.45, 2.75) is 56.8 Å². The van der Waals surface area contributed by atoms with Crippen LogP contribution < -0.4 is 5.32 Å². The van der Waals surface area contributed by atoms with Crippen molar-refractivity contribution in [1.29, 1.82) is 0 Å². The maximum Gasteiger partial charge on any atom is 0.417 e. The monoisotopic (exact) mass is 684 g/mol. The second-order valence-electron chi connectivity index (χ2n) is 12.1. The molecule has 0 aliphatic carbocycles. The van der Waals surface area contributed by atoms with E-state index in [0.717, 1.165) is 17.5 Å². The van der Waals surface area contributed by atoms with Crippen molar-refractivity contribution >= 4 is 45.4 Å². The van der Waals surface area contributed by atoms with Gasteiger partial charge in [0.15, 0.2) is 0 Å². The number of alkyl halides is 4. The summed E-state index contributed by atoms with van der Waals surface area (Å²) >= 11 is 5.83. The van der Waals surface area contributed by atoms with Crippen molar-refractivity contribution in [3.8, 4) is 0 Å². The SMILES string of the molecule is Cc1cc(C(=O)N2CCC(O)(CF)CC2)cc(C)c1C=CS(=O)(=O)N1CCC2(CC1)N=C(c1ccc(C(F)(F)F)c(Cl)c1)NC2=O. The molecule has 1 spiro atoms. The molecule has 2 N–H and O–H groups in total. The molecule has 9 nitrogen and oxygen atoms in total. The zero-order valence-corrected chi connectivity index (χ0v) is 26.7. The van der Waals surface area contributed by atoms with Gasteiger partial charge in [0.2, 0.25) is 10.0 Å². The number of sulfonamides is 1. The highest BCUT2D eigenvalue weighted by Gasteiger charge is 2.47. The Bertz CT molecular complexity index is 1710. The van der Waals surface area contributed by atoms with E-state index in [1.807, 2.05) is 0 Å².